The first-order chi connectivity index (χ1) is 15.7. The molecule has 1 saturated heterocycles. The van der Waals surface area contributed by atoms with Crippen molar-refractivity contribution >= 4 is 21.6 Å². The van der Waals surface area contributed by atoms with Crippen molar-refractivity contribution in [2.24, 2.45) is 0 Å². The Balaban J connectivity index is 1.22. The van der Waals surface area contributed by atoms with E-state index in [-0.39, 0.29) is 10.8 Å². The zero-order valence-corrected chi connectivity index (χ0v) is 18.7. The highest BCUT2D eigenvalue weighted by atomic mass is 32.1. The summed E-state index contributed by atoms with van der Waals surface area (Å²) in [5, 5.41) is 4.72. The lowest BCUT2D eigenvalue weighted by Gasteiger charge is -2.26. The molecule has 4 aromatic rings. The van der Waals surface area contributed by atoms with E-state index < -0.39 is 0 Å². The molecular formula is C23H25N5O3S. The molecule has 1 unspecified atom stereocenters. The molecule has 32 heavy (non-hydrogen) atoms. The number of nitrogens with one attached hydrogen (secondary N) is 1. The van der Waals surface area contributed by atoms with E-state index in [1.807, 2.05) is 36.5 Å². The van der Waals surface area contributed by atoms with Crippen LogP contribution in [0.3, 0.4) is 0 Å². The molecule has 0 amide bonds. The van der Waals surface area contributed by atoms with E-state index in [1.165, 1.54) is 11.3 Å². The zero-order valence-electron chi connectivity index (χ0n) is 17.9. The molecule has 9 heteroatoms. The average Bonchev–Trinajstić information content (AvgIpc) is 3.45. The van der Waals surface area contributed by atoms with Crippen LogP contribution in [0, 0.1) is 0 Å². The summed E-state index contributed by atoms with van der Waals surface area (Å²) in [7, 11) is 0. The van der Waals surface area contributed by atoms with Gasteiger partial charge in [-0.25, -0.2) is 9.67 Å². The van der Waals surface area contributed by atoms with Gasteiger partial charge in [0.15, 0.2) is 5.82 Å². The molecule has 1 N–H and O–H groups in total. The molecule has 0 radical (unpaired) electrons. The van der Waals surface area contributed by atoms with Gasteiger partial charge in [0.1, 0.15) is 12.4 Å². The van der Waals surface area contributed by atoms with Crippen molar-refractivity contribution in [3.05, 3.63) is 69.7 Å². The summed E-state index contributed by atoms with van der Waals surface area (Å²) < 4.78 is 13.9. The van der Waals surface area contributed by atoms with Crippen LogP contribution in [0.4, 0.5) is 0 Å². The Labute approximate surface area is 189 Å². The first-order valence-electron chi connectivity index (χ1n) is 10.7. The van der Waals surface area contributed by atoms with E-state index in [9.17, 15) is 4.79 Å². The van der Waals surface area contributed by atoms with Crippen LogP contribution < -0.4 is 9.61 Å². The second kappa shape index (κ2) is 9.23. The molecule has 5 rings (SSSR count). The third-order valence-corrected chi connectivity index (χ3v) is 6.58. The van der Waals surface area contributed by atoms with Gasteiger partial charge < -0.3 is 14.5 Å². The fourth-order valence-electron chi connectivity index (χ4n) is 3.81. The second-order valence-electron chi connectivity index (χ2n) is 7.83. The third-order valence-electron chi connectivity index (χ3n) is 5.73. The summed E-state index contributed by atoms with van der Waals surface area (Å²) in [4.78, 5) is 21.2. The van der Waals surface area contributed by atoms with Crippen molar-refractivity contribution in [2.45, 2.75) is 12.8 Å². The quantitative estimate of drug-likeness (QED) is 0.465. The van der Waals surface area contributed by atoms with Crippen LogP contribution in [0.25, 0.3) is 16.0 Å². The monoisotopic (exact) mass is 451 g/mol. The number of ether oxygens (including phenoxy) is 2. The van der Waals surface area contributed by atoms with Crippen molar-refractivity contribution in [1.82, 2.24) is 24.6 Å². The van der Waals surface area contributed by atoms with Gasteiger partial charge in [-0.1, -0.05) is 24.3 Å². The maximum atomic E-state index is 11.6. The van der Waals surface area contributed by atoms with Gasteiger partial charge in [-0.15, -0.1) is 0 Å². The number of aromatic amines is 1. The van der Waals surface area contributed by atoms with Gasteiger partial charge in [0, 0.05) is 31.7 Å². The highest BCUT2D eigenvalue weighted by Gasteiger charge is 2.14. The number of benzene rings is 1. The molecule has 1 aromatic carbocycles. The molecule has 0 bridgehead atoms. The number of aromatic nitrogens is 4. The minimum atomic E-state index is -0.0336. The predicted molar refractivity (Wildman–Crippen MR) is 124 cm³/mol. The van der Waals surface area contributed by atoms with E-state index in [0.717, 1.165) is 65.9 Å². The minimum absolute atomic E-state index is 0.0336. The van der Waals surface area contributed by atoms with Crippen LogP contribution in [-0.2, 0) is 4.74 Å². The Hall–Kier alpha value is -3.01. The van der Waals surface area contributed by atoms with Crippen molar-refractivity contribution in [1.29, 1.82) is 0 Å². The highest BCUT2D eigenvalue weighted by molar-refractivity contribution is 7.16. The Morgan fingerprint density at radius 1 is 1.22 bits per heavy atom. The lowest BCUT2D eigenvalue weighted by molar-refractivity contribution is 0.0322. The molecule has 166 valence electrons. The second-order valence-corrected chi connectivity index (χ2v) is 8.85. The summed E-state index contributed by atoms with van der Waals surface area (Å²) in [5.74, 6) is 1.59. The highest BCUT2D eigenvalue weighted by Crippen LogP contribution is 2.27. The third kappa shape index (κ3) is 4.59. The first kappa shape index (κ1) is 20.9. The van der Waals surface area contributed by atoms with E-state index in [2.05, 4.69) is 27.9 Å². The van der Waals surface area contributed by atoms with E-state index in [4.69, 9.17) is 14.6 Å². The van der Waals surface area contributed by atoms with Gasteiger partial charge >= 0.3 is 4.87 Å². The molecule has 0 spiro atoms. The number of fused-ring (bicyclic) bond motifs is 1. The number of H-pyrrole nitrogens is 1. The van der Waals surface area contributed by atoms with Gasteiger partial charge in [0.25, 0.3) is 0 Å². The molecule has 1 aliphatic heterocycles. The van der Waals surface area contributed by atoms with Crippen LogP contribution in [0.15, 0.2) is 53.6 Å². The lowest BCUT2D eigenvalue weighted by Crippen LogP contribution is -2.38. The Morgan fingerprint density at radius 2 is 2.09 bits per heavy atom. The summed E-state index contributed by atoms with van der Waals surface area (Å²) >= 11 is 1.23. The molecule has 8 nitrogen and oxygen atoms in total. The normalized spacial score (nSPS) is 15.8. The summed E-state index contributed by atoms with van der Waals surface area (Å²) in [6.45, 7) is 7.13. The van der Waals surface area contributed by atoms with Crippen molar-refractivity contribution in [2.75, 3.05) is 39.5 Å². The number of morpholine rings is 1. The van der Waals surface area contributed by atoms with Gasteiger partial charge in [-0.05, 0) is 35.9 Å². The van der Waals surface area contributed by atoms with Gasteiger partial charge in [-0.2, -0.15) is 5.10 Å². The number of nitrogens with zero attached hydrogens (tertiary/aromatic N) is 4. The van der Waals surface area contributed by atoms with Gasteiger partial charge in [0.2, 0.25) is 0 Å². The standard InChI is InChI=1S/C23H25N5O3S/c1-16(17-2-4-20-21(14-17)32-23(29)25-20)19-6-7-28(26-19)22-5-3-18(15-24-22)31-13-10-27-8-11-30-12-9-27/h2-7,14-16H,8-13H2,1H3,(H,25,29). The lowest BCUT2D eigenvalue weighted by atomic mass is 9.98. The Bertz CT molecular complexity index is 1240. The Morgan fingerprint density at radius 3 is 2.91 bits per heavy atom. The topological polar surface area (TPSA) is 85.3 Å². The molecule has 3 aromatic heterocycles. The molecule has 0 aliphatic carbocycles. The predicted octanol–water partition coefficient (Wildman–Crippen LogP) is 3.03. The summed E-state index contributed by atoms with van der Waals surface area (Å²) in [6, 6.07) is 11.9. The number of thiazole rings is 1. The number of hydrogen-bond donors (Lipinski definition) is 1. The fourth-order valence-corrected chi connectivity index (χ4v) is 4.59. The van der Waals surface area contributed by atoms with Crippen LogP contribution in [0.5, 0.6) is 5.75 Å². The molecule has 1 atom stereocenters. The van der Waals surface area contributed by atoms with Crippen LogP contribution >= 0.6 is 11.3 Å². The zero-order chi connectivity index (χ0) is 21.9. The van der Waals surface area contributed by atoms with Crippen molar-refractivity contribution < 1.29 is 9.47 Å². The molecule has 0 saturated carbocycles. The smallest absolute Gasteiger partial charge is 0.305 e. The van der Waals surface area contributed by atoms with E-state index in [1.54, 1.807) is 10.9 Å². The summed E-state index contributed by atoms with van der Waals surface area (Å²) in [5.41, 5.74) is 2.94. The maximum absolute atomic E-state index is 11.6. The SMILES string of the molecule is CC(c1ccc2[nH]c(=O)sc2c1)c1ccn(-c2ccc(OCCN3CCOCC3)cn2)n1. The van der Waals surface area contributed by atoms with Gasteiger partial charge in [0.05, 0.1) is 35.3 Å². The summed E-state index contributed by atoms with van der Waals surface area (Å²) in [6.07, 6.45) is 3.65. The largest absolute Gasteiger partial charge is 0.491 e. The molecule has 1 aliphatic rings. The average molecular weight is 452 g/mol. The van der Waals surface area contributed by atoms with E-state index >= 15 is 0 Å². The van der Waals surface area contributed by atoms with Gasteiger partial charge in [-0.3, -0.25) is 9.69 Å². The molecular weight excluding hydrogens is 426 g/mol. The van der Waals surface area contributed by atoms with Crippen LogP contribution in [0.2, 0.25) is 0 Å². The Kier molecular flexibility index (Phi) is 6.02. The minimum Gasteiger partial charge on any atom is -0.491 e. The number of hydrogen-bond acceptors (Lipinski definition) is 7. The van der Waals surface area contributed by atoms with Crippen LogP contribution in [-0.4, -0.2) is 64.1 Å². The maximum Gasteiger partial charge on any atom is 0.305 e. The van der Waals surface area contributed by atoms with Crippen molar-refractivity contribution in [3.8, 4) is 11.6 Å². The fraction of sp³-hybridized carbons (Fsp3) is 0.348. The number of rotatable bonds is 7. The van der Waals surface area contributed by atoms with Crippen LogP contribution in [0.1, 0.15) is 24.1 Å². The van der Waals surface area contributed by atoms with E-state index in [0.29, 0.717) is 6.61 Å². The first-order valence-corrected chi connectivity index (χ1v) is 11.5. The molecule has 4 heterocycles. The number of pyridine rings is 1. The molecule has 1 fully saturated rings. The van der Waals surface area contributed by atoms with Crippen molar-refractivity contribution in [3.63, 3.8) is 0 Å².